The number of nitrogens with zero attached hydrogens (tertiary/aromatic N) is 2. The Morgan fingerprint density at radius 3 is 2.52 bits per heavy atom. The predicted octanol–water partition coefficient (Wildman–Crippen LogP) is 2.59. The normalized spacial score (nSPS) is 19.0. The van der Waals surface area contributed by atoms with Crippen molar-refractivity contribution < 1.29 is 9.59 Å². The summed E-state index contributed by atoms with van der Waals surface area (Å²) in [5.74, 6) is 0.456. The first-order valence-electron chi connectivity index (χ1n) is 9.12. The van der Waals surface area contributed by atoms with Crippen LogP contribution in [0.25, 0.3) is 0 Å². The van der Waals surface area contributed by atoms with E-state index in [0.717, 1.165) is 0 Å². The minimum Gasteiger partial charge on any atom is -0.338 e. The summed E-state index contributed by atoms with van der Waals surface area (Å²) in [5.41, 5.74) is 8.37. The third-order valence-corrected chi connectivity index (χ3v) is 5.03. The van der Waals surface area contributed by atoms with E-state index in [1.165, 1.54) is 10.5 Å². The van der Waals surface area contributed by atoms with Crippen LogP contribution in [0.15, 0.2) is 54.6 Å². The first kappa shape index (κ1) is 18.9. The lowest BCUT2D eigenvalue weighted by atomic mass is 9.89. The van der Waals surface area contributed by atoms with Crippen molar-refractivity contribution in [2.75, 3.05) is 39.0 Å². The molecule has 1 heterocycles. The van der Waals surface area contributed by atoms with Crippen molar-refractivity contribution in [3.05, 3.63) is 65.7 Å². The molecule has 2 aromatic carbocycles. The maximum absolute atomic E-state index is 13.0. The predicted molar refractivity (Wildman–Crippen MR) is 107 cm³/mol. The minimum atomic E-state index is -0.229. The monoisotopic (exact) mass is 366 g/mol. The molecule has 1 aliphatic rings. The van der Waals surface area contributed by atoms with Crippen molar-refractivity contribution in [3.63, 3.8) is 0 Å². The average Bonchev–Trinajstić information content (AvgIpc) is 3.12. The molecule has 3 amide bonds. The summed E-state index contributed by atoms with van der Waals surface area (Å²) < 4.78 is 0. The molecule has 0 radical (unpaired) electrons. The molecule has 6 heteroatoms. The van der Waals surface area contributed by atoms with Gasteiger partial charge >= 0.3 is 6.03 Å². The Hall–Kier alpha value is -2.86. The van der Waals surface area contributed by atoms with Gasteiger partial charge in [-0.1, -0.05) is 36.4 Å². The summed E-state index contributed by atoms with van der Waals surface area (Å²) in [6.07, 6.45) is 0. The van der Waals surface area contributed by atoms with E-state index >= 15 is 0 Å². The SMILES string of the molecule is CN(C)C(=O)Nc1cccc(C(=O)N2C[C@@H](CN)[C@H](c3ccccc3)C2)c1. The average molecular weight is 366 g/mol. The molecule has 0 unspecified atom stereocenters. The molecule has 0 aliphatic carbocycles. The summed E-state index contributed by atoms with van der Waals surface area (Å²) in [7, 11) is 3.34. The number of hydrogen-bond donors (Lipinski definition) is 2. The number of carbonyl (C=O) groups is 2. The van der Waals surface area contributed by atoms with Gasteiger partial charge in [0.25, 0.3) is 5.91 Å². The number of carbonyl (C=O) groups excluding carboxylic acids is 2. The van der Waals surface area contributed by atoms with Gasteiger partial charge in [-0.2, -0.15) is 0 Å². The van der Waals surface area contributed by atoms with E-state index < -0.39 is 0 Å². The molecular weight excluding hydrogens is 340 g/mol. The van der Waals surface area contributed by atoms with Crippen LogP contribution in [0.5, 0.6) is 0 Å². The van der Waals surface area contributed by atoms with Crippen molar-refractivity contribution in [1.29, 1.82) is 0 Å². The van der Waals surface area contributed by atoms with Crippen LogP contribution in [0.3, 0.4) is 0 Å². The molecular formula is C21H26N4O2. The van der Waals surface area contributed by atoms with Crippen molar-refractivity contribution >= 4 is 17.6 Å². The number of rotatable bonds is 4. The largest absolute Gasteiger partial charge is 0.338 e. The van der Waals surface area contributed by atoms with Gasteiger partial charge in [0, 0.05) is 44.4 Å². The molecule has 142 valence electrons. The van der Waals surface area contributed by atoms with Crippen LogP contribution in [0.4, 0.5) is 10.5 Å². The Morgan fingerprint density at radius 1 is 1.11 bits per heavy atom. The molecule has 3 rings (SSSR count). The van der Waals surface area contributed by atoms with Gasteiger partial charge in [0.2, 0.25) is 0 Å². The van der Waals surface area contributed by atoms with Gasteiger partial charge < -0.3 is 20.9 Å². The fourth-order valence-electron chi connectivity index (χ4n) is 3.50. The molecule has 6 nitrogen and oxygen atoms in total. The summed E-state index contributed by atoms with van der Waals surface area (Å²) >= 11 is 0. The Morgan fingerprint density at radius 2 is 1.85 bits per heavy atom. The van der Waals surface area contributed by atoms with Crippen LogP contribution < -0.4 is 11.1 Å². The second kappa shape index (κ2) is 8.22. The van der Waals surface area contributed by atoms with Crippen LogP contribution in [-0.4, -0.2) is 55.5 Å². The highest BCUT2D eigenvalue weighted by molar-refractivity contribution is 5.97. The summed E-state index contributed by atoms with van der Waals surface area (Å²) in [6, 6.07) is 17.0. The number of nitrogens with one attached hydrogen (secondary N) is 1. The van der Waals surface area contributed by atoms with E-state index in [1.807, 2.05) is 23.1 Å². The Balaban J connectivity index is 1.75. The highest BCUT2D eigenvalue weighted by atomic mass is 16.2. The minimum absolute atomic E-state index is 0.0344. The van der Waals surface area contributed by atoms with E-state index in [0.29, 0.717) is 30.9 Å². The first-order chi connectivity index (χ1) is 13.0. The van der Waals surface area contributed by atoms with Crippen molar-refractivity contribution in [3.8, 4) is 0 Å². The third-order valence-electron chi connectivity index (χ3n) is 5.03. The van der Waals surface area contributed by atoms with Crippen LogP contribution in [0.2, 0.25) is 0 Å². The molecule has 2 atom stereocenters. The number of amides is 3. The second-order valence-corrected chi connectivity index (χ2v) is 7.13. The maximum atomic E-state index is 13.0. The van der Waals surface area contributed by atoms with E-state index in [4.69, 9.17) is 5.73 Å². The van der Waals surface area contributed by atoms with Gasteiger partial charge in [0.15, 0.2) is 0 Å². The zero-order valence-corrected chi connectivity index (χ0v) is 15.8. The number of anilines is 1. The molecule has 2 aromatic rings. The summed E-state index contributed by atoms with van der Waals surface area (Å²) in [6.45, 7) is 1.84. The van der Waals surface area contributed by atoms with Crippen LogP contribution in [-0.2, 0) is 0 Å². The van der Waals surface area contributed by atoms with Gasteiger partial charge in [-0.25, -0.2) is 4.79 Å². The lowest BCUT2D eigenvalue weighted by Crippen LogP contribution is -2.30. The molecule has 1 saturated heterocycles. The van der Waals surface area contributed by atoms with E-state index in [-0.39, 0.29) is 23.8 Å². The third kappa shape index (κ3) is 4.28. The topological polar surface area (TPSA) is 78.7 Å². The number of benzene rings is 2. The number of hydrogen-bond acceptors (Lipinski definition) is 3. The Labute approximate surface area is 159 Å². The van der Waals surface area contributed by atoms with Crippen LogP contribution >= 0.6 is 0 Å². The standard InChI is InChI=1S/C21H26N4O2/c1-24(2)21(27)23-18-10-6-9-16(11-18)20(26)25-13-17(12-22)19(14-25)15-7-4-3-5-8-15/h3-11,17,19H,12-14,22H2,1-2H3,(H,23,27)/t17-,19+/m1/s1. The summed E-state index contributed by atoms with van der Waals surface area (Å²) in [5, 5.41) is 2.78. The molecule has 0 saturated carbocycles. The molecule has 0 aromatic heterocycles. The van der Waals surface area contributed by atoms with Gasteiger partial charge in [0.1, 0.15) is 0 Å². The molecule has 3 N–H and O–H groups in total. The Kier molecular flexibility index (Phi) is 5.76. The van der Waals surface area contributed by atoms with E-state index in [9.17, 15) is 9.59 Å². The van der Waals surface area contributed by atoms with E-state index in [2.05, 4.69) is 17.4 Å². The van der Waals surface area contributed by atoms with Gasteiger partial charge in [-0.15, -0.1) is 0 Å². The molecule has 0 spiro atoms. The molecule has 1 fully saturated rings. The van der Waals surface area contributed by atoms with Crippen molar-refractivity contribution in [2.24, 2.45) is 11.7 Å². The van der Waals surface area contributed by atoms with Crippen LogP contribution in [0, 0.1) is 5.92 Å². The smallest absolute Gasteiger partial charge is 0.321 e. The van der Waals surface area contributed by atoms with Gasteiger partial charge in [-0.3, -0.25) is 4.79 Å². The van der Waals surface area contributed by atoms with E-state index in [1.54, 1.807) is 38.4 Å². The Bertz CT molecular complexity index is 807. The fourth-order valence-corrected chi connectivity index (χ4v) is 3.50. The van der Waals surface area contributed by atoms with Gasteiger partial charge in [0.05, 0.1) is 0 Å². The highest BCUT2D eigenvalue weighted by Gasteiger charge is 2.35. The first-order valence-corrected chi connectivity index (χ1v) is 9.12. The number of urea groups is 1. The molecule has 0 bridgehead atoms. The lowest BCUT2D eigenvalue weighted by molar-refractivity contribution is 0.0786. The highest BCUT2D eigenvalue weighted by Crippen LogP contribution is 2.33. The summed E-state index contributed by atoms with van der Waals surface area (Å²) in [4.78, 5) is 28.2. The number of likely N-dealkylation sites (tertiary alicyclic amines) is 1. The fraction of sp³-hybridized carbons (Fsp3) is 0.333. The van der Waals surface area contributed by atoms with Crippen molar-refractivity contribution in [1.82, 2.24) is 9.80 Å². The number of nitrogens with two attached hydrogens (primary N) is 1. The van der Waals surface area contributed by atoms with Crippen LogP contribution in [0.1, 0.15) is 21.8 Å². The molecule has 27 heavy (non-hydrogen) atoms. The zero-order chi connectivity index (χ0) is 19.4. The molecule has 1 aliphatic heterocycles. The van der Waals surface area contributed by atoms with Gasteiger partial charge in [-0.05, 0) is 36.2 Å². The lowest BCUT2D eigenvalue weighted by Gasteiger charge is -2.18. The second-order valence-electron chi connectivity index (χ2n) is 7.13. The maximum Gasteiger partial charge on any atom is 0.321 e. The zero-order valence-electron chi connectivity index (χ0n) is 15.8. The van der Waals surface area contributed by atoms with Crippen molar-refractivity contribution in [2.45, 2.75) is 5.92 Å². The quantitative estimate of drug-likeness (QED) is 0.873.